The number of hydrogen-bond acceptors (Lipinski definition) is 4. The first-order valence-electron chi connectivity index (χ1n) is 7.23. The van der Waals surface area contributed by atoms with Gasteiger partial charge in [0.15, 0.2) is 5.69 Å². The van der Waals surface area contributed by atoms with Crippen LogP contribution in [0.4, 0.5) is 10.1 Å². The number of aromatic nitrogens is 1. The van der Waals surface area contributed by atoms with Crippen LogP contribution in [-0.2, 0) is 4.74 Å². The first kappa shape index (κ1) is 14.5. The minimum atomic E-state index is -0.430. The number of halogens is 1. The van der Waals surface area contributed by atoms with Gasteiger partial charge in [0.05, 0.1) is 12.8 Å². The van der Waals surface area contributed by atoms with E-state index in [9.17, 15) is 9.18 Å². The first-order valence-corrected chi connectivity index (χ1v) is 7.23. The number of carbonyl (C=O) groups excluding carboxylic acids is 1. The van der Waals surface area contributed by atoms with Crippen molar-refractivity contribution in [2.75, 3.05) is 25.1 Å². The van der Waals surface area contributed by atoms with Crippen LogP contribution in [0.25, 0.3) is 0 Å². The fourth-order valence-electron chi connectivity index (χ4n) is 2.89. The largest absolute Gasteiger partial charge is 0.464 e. The van der Waals surface area contributed by atoms with Crippen molar-refractivity contribution in [1.29, 1.82) is 0 Å². The molecule has 114 valence electrons. The molecule has 1 fully saturated rings. The molecule has 1 aromatic carbocycles. The van der Waals surface area contributed by atoms with E-state index < -0.39 is 5.97 Å². The lowest BCUT2D eigenvalue weighted by molar-refractivity contribution is 0.0595. The minimum Gasteiger partial charge on any atom is -0.464 e. The molecule has 1 aromatic heterocycles. The van der Waals surface area contributed by atoms with Crippen molar-refractivity contribution in [2.24, 2.45) is 0 Å². The van der Waals surface area contributed by atoms with Crippen LogP contribution in [0.3, 0.4) is 0 Å². The Bertz CT molecular complexity index is 673. The van der Waals surface area contributed by atoms with Gasteiger partial charge >= 0.3 is 5.97 Å². The molecule has 22 heavy (non-hydrogen) atoms. The highest BCUT2D eigenvalue weighted by Crippen LogP contribution is 2.32. The molecule has 1 saturated heterocycles. The van der Waals surface area contributed by atoms with Crippen molar-refractivity contribution in [2.45, 2.75) is 12.3 Å². The fourth-order valence-corrected chi connectivity index (χ4v) is 2.89. The number of rotatable bonds is 3. The standard InChI is InChI=1S/C17H17FN2O2/c1-22-17(21)16-15(3-2-9-19-16)20-10-8-13(11-20)12-4-6-14(18)7-5-12/h2-7,9,13H,8,10-11H2,1H3/t13-/m1/s1. The van der Waals surface area contributed by atoms with E-state index in [1.54, 1.807) is 6.20 Å². The quantitative estimate of drug-likeness (QED) is 0.817. The summed E-state index contributed by atoms with van der Waals surface area (Å²) in [6, 6.07) is 10.3. The SMILES string of the molecule is COC(=O)c1ncccc1N1CC[C@@H](c2ccc(F)cc2)C1. The van der Waals surface area contributed by atoms with Gasteiger partial charge in [-0.2, -0.15) is 0 Å². The Hall–Kier alpha value is -2.43. The smallest absolute Gasteiger partial charge is 0.358 e. The summed E-state index contributed by atoms with van der Waals surface area (Å²) in [6.45, 7) is 1.61. The molecule has 0 spiro atoms. The Morgan fingerprint density at radius 1 is 1.32 bits per heavy atom. The van der Waals surface area contributed by atoms with Crippen LogP contribution in [0.5, 0.6) is 0 Å². The second kappa shape index (κ2) is 6.13. The molecule has 2 aromatic rings. The van der Waals surface area contributed by atoms with E-state index in [-0.39, 0.29) is 5.82 Å². The van der Waals surface area contributed by atoms with Crippen LogP contribution in [0, 0.1) is 5.82 Å². The third kappa shape index (κ3) is 2.79. The van der Waals surface area contributed by atoms with Gasteiger partial charge in [0.1, 0.15) is 5.82 Å². The molecular formula is C17H17FN2O2. The monoisotopic (exact) mass is 300 g/mol. The lowest BCUT2D eigenvalue weighted by atomic mass is 9.99. The average Bonchev–Trinajstić information content (AvgIpc) is 3.04. The van der Waals surface area contributed by atoms with Crippen LogP contribution in [-0.4, -0.2) is 31.2 Å². The molecular weight excluding hydrogens is 283 g/mol. The van der Waals surface area contributed by atoms with Crippen molar-refractivity contribution in [3.8, 4) is 0 Å². The van der Waals surface area contributed by atoms with E-state index >= 15 is 0 Å². The van der Waals surface area contributed by atoms with Crippen LogP contribution < -0.4 is 4.90 Å². The Morgan fingerprint density at radius 3 is 2.82 bits per heavy atom. The molecule has 0 saturated carbocycles. The van der Waals surface area contributed by atoms with Gasteiger partial charge in [-0.25, -0.2) is 14.2 Å². The molecule has 0 amide bonds. The topological polar surface area (TPSA) is 42.4 Å². The Balaban J connectivity index is 1.81. The zero-order valence-electron chi connectivity index (χ0n) is 12.3. The van der Waals surface area contributed by atoms with Crippen molar-refractivity contribution in [3.05, 3.63) is 59.7 Å². The summed E-state index contributed by atoms with van der Waals surface area (Å²) in [4.78, 5) is 18.1. The number of methoxy groups -OCH3 is 1. The van der Waals surface area contributed by atoms with Gasteiger partial charge in [-0.1, -0.05) is 12.1 Å². The van der Waals surface area contributed by atoms with E-state index in [1.807, 2.05) is 24.3 Å². The van der Waals surface area contributed by atoms with Crippen LogP contribution >= 0.6 is 0 Å². The second-order valence-electron chi connectivity index (χ2n) is 5.35. The van der Waals surface area contributed by atoms with Gasteiger partial charge < -0.3 is 9.64 Å². The second-order valence-corrected chi connectivity index (χ2v) is 5.35. The molecule has 5 heteroatoms. The van der Waals surface area contributed by atoms with E-state index in [0.29, 0.717) is 11.6 Å². The molecule has 3 rings (SSSR count). The molecule has 1 aliphatic heterocycles. The number of hydrogen-bond donors (Lipinski definition) is 0. The highest BCUT2D eigenvalue weighted by molar-refractivity contribution is 5.93. The fraction of sp³-hybridized carbons (Fsp3) is 0.294. The summed E-state index contributed by atoms with van der Waals surface area (Å²) < 4.78 is 17.8. The van der Waals surface area contributed by atoms with E-state index in [2.05, 4.69) is 9.88 Å². The first-order chi connectivity index (χ1) is 10.7. The maximum Gasteiger partial charge on any atom is 0.358 e. The van der Waals surface area contributed by atoms with Gasteiger partial charge in [0.25, 0.3) is 0 Å². The number of pyridine rings is 1. The normalized spacial score (nSPS) is 17.5. The molecule has 0 aliphatic carbocycles. The summed E-state index contributed by atoms with van der Waals surface area (Å²) in [6.07, 6.45) is 2.55. The molecule has 4 nitrogen and oxygen atoms in total. The van der Waals surface area contributed by atoms with Crippen molar-refractivity contribution in [1.82, 2.24) is 4.98 Å². The predicted octanol–water partition coefficient (Wildman–Crippen LogP) is 3.00. The van der Waals surface area contributed by atoms with E-state index in [1.165, 1.54) is 19.2 Å². The van der Waals surface area contributed by atoms with Gasteiger partial charge in [-0.3, -0.25) is 0 Å². The molecule has 1 atom stereocenters. The van der Waals surface area contributed by atoms with Gasteiger partial charge in [0, 0.05) is 25.2 Å². The third-order valence-corrected chi connectivity index (χ3v) is 4.04. The van der Waals surface area contributed by atoms with E-state index in [4.69, 9.17) is 4.74 Å². The maximum absolute atomic E-state index is 13.0. The van der Waals surface area contributed by atoms with Crippen LogP contribution in [0.1, 0.15) is 28.4 Å². The Kier molecular flexibility index (Phi) is 4.04. The summed E-state index contributed by atoms with van der Waals surface area (Å²) in [5.41, 5.74) is 2.25. The molecule has 0 radical (unpaired) electrons. The van der Waals surface area contributed by atoms with Crippen molar-refractivity contribution in [3.63, 3.8) is 0 Å². The van der Waals surface area contributed by atoms with Crippen molar-refractivity contribution < 1.29 is 13.9 Å². The molecule has 0 N–H and O–H groups in total. The summed E-state index contributed by atoms with van der Waals surface area (Å²) in [7, 11) is 1.35. The average molecular weight is 300 g/mol. The zero-order valence-corrected chi connectivity index (χ0v) is 12.3. The minimum absolute atomic E-state index is 0.223. The van der Waals surface area contributed by atoms with Gasteiger partial charge in [-0.15, -0.1) is 0 Å². The molecule has 0 bridgehead atoms. The zero-order chi connectivity index (χ0) is 15.5. The summed E-state index contributed by atoms with van der Waals surface area (Å²) >= 11 is 0. The van der Waals surface area contributed by atoms with Crippen LogP contribution in [0.2, 0.25) is 0 Å². The molecule has 2 heterocycles. The highest BCUT2D eigenvalue weighted by Gasteiger charge is 2.27. The number of anilines is 1. The number of esters is 1. The summed E-state index contributed by atoms with van der Waals surface area (Å²) in [5, 5.41) is 0. The predicted molar refractivity (Wildman–Crippen MR) is 81.5 cm³/mol. The third-order valence-electron chi connectivity index (χ3n) is 4.04. The molecule has 1 aliphatic rings. The highest BCUT2D eigenvalue weighted by atomic mass is 19.1. The van der Waals surface area contributed by atoms with E-state index in [0.717, 1.165) is 30.8 Å². The maximum atomic E-state index is 13.0. The Labute approximate surface area is 128 Å². The Morgan fingerprint density at radius 2 is 2.09 bits per heavy atom. The summed E-state index contributed by atoms with van der Waals surface area (Å²) in [5.74, 6) is -0.328. The lowest BCUT2D eigenvalue weighted by Gasteiger charge is -2.20. The van der Waals surface area contributed by atoms with Crippen molar-refractivity contribution >= 4 is 11.7 Å². The number of carbonyl (C=O) groups is 1. The van der Waals surface area contributed by atoms with Gasteiger partial charge in [-0.05, 0) is 36.2 Å². The van der Waals surface area contributed by atoms with Gasteiger partial charge in [0.2, 0.25) is 0 Å². The van der Waals surface area contributed by atoms with Crippen LogP contribution in [0.15, 0.2) is 42.6 Å². The number of ether oxygens (including phenoxy) is 1. The molecule has 0 unspecified atom stereocenters. The lowest BCUT2D eigenvalue weighted by Crippen LogP contribution is -2.23. The number of benzene rings is 1. The number of nitrogens with zero attached hydrogens (tertiary/aromatic N) is 2.